The molecule has 2 aromatic carbocycles. The van der Waals surface area contributed by atoms with Crippen LogP contribution >= 0.6 is 11.3 Å². The molecule has 0 unspecified atom stereocenters. The molecule has 51 heavy (non-hydrogen) atoms. The molecule has 2 fully saturated rings. The van der Waals surface area contributed by atoms with Crippen LogP contribution < -0.4 is 0 Å². The molecular weight excluding hydrogens is 823 g/mol. The molecule has 2 saturated carbocycles. The normalized spacial score (nSPS) is 16.3. The number of aliphatic hydroxyl groups excluding tert-OH is 1. The molecule has 1 radical (unpaired) electrons. The Bertz CT molecular complexity index is 1730. The number of pyridine rings is 1. The summed E-state index contributed by atoms with van der Waals surface area (Å²) in [4.78, 5) is 17.9. The summed E-state index contributed by atoms with van der Waals surface area (Å²) in [5, 5.41) is 11.1. The van der Waals surface area contributed by atoms with E-state index >= 15 is 0 Å². The first-order valence-electron chi connectivity index (χ1n) is 19.6. The average Bonchev–Trinajstić information content (AvgIpc) is 3.46. The molecule has 6 rings (SSSR count). The Hall–Kier alpha value is -2.59. The number of carbonyl (C=O) groups excluding carboxylic acids is 1. The van der Waals surface area contributed by atoms with E-state index in [0.717, 1.165) is 42.9 Å². The number of aliphatic hydroxyl groups is 1. The van der Waals surface area contributed by atoms with Crippen LogP contribution in [0.1, 0.15) is 139 Å². The summed E-state index contributed by atoms with van der Waals surface area (Å²) in [7, 11) is 0. The summed E-state index contributed by atoms with van der Waals surface area (Å²) >= 11 is 1.88. The zero-order chi connectivity index (χ0) is 35.8. The third-order valence-electron chi connectivity index (χ3n) is 11.9. The first-order valence-corrected chi connectivity index (χ1v) is 20.4. The van der Waals surface area contributed by atoms with Crippen molar-refractivity contribution >= 4 is 27.2 Å². The number of nitrogens with zero attached hydrogens (tertiary/aromatic N) is 1. The standard InChI is InChI=1S/C33H36NS.C13H24O2.Ir/c1-22-19-23(2)21-28(20-22)30-32-29(13-18-34-30)24(3)31(35-32)27-9-7-25(8-10-27)26-11-16-33(17-12-26)14-5-4-6-15-33;1-5-10(6-2)12(14)9-13(15)11(7-3)8-4;/h7-10,13,18-20,26H,4-6,11-12,14-17H2,1-3H3;9-11,14H,5-8H2,1-4H3;/q-1;;/b;12-9-;. The van der Waals surface area contributed by atoms with E-state index in [1.807, 2.05) is 45.2 Å². The summed E-state index contributed by atoms with van der Waals surface area (Å²) < 4.78 is 1.27. The molecule has 4 aromatic rings. The van der Waals surface area contributed by atoms with Gasteiger partial charge in [0, 0.05) is 59.5 Å². The number of rotatable bonds is 10. The minimum atomic E-state index is 0. The van der Waals surface area contributed by atoms with Gasteiger partial charge in [0.15, 0.2) is 5.78 Å². The molecule has 2 aliphatic rings. The summed E-state index contributed by atoms with van der Waals surface area (Å²) in [5.41, 5.74) is 9.53. The second-order valence-electron chi connectivity index (χ2n) is 15.3. The number of carbonyl (C=O) groups is 1. The van der Waals surface area contributed by atoms with E-state index in [4.69, 9.17) is 4.98 Å². The van der Waals surface area contributed by atoms with Crippen LogP contribution in [0.15, 0.2) is 60.5 Å². The molecule has 0 aliphatic heterocycles. The van der Waals surface area contributed by atoms with Crippen LogP contribution in [0.2, 0.25) is 0 Å². The molecule has 2 heterocycles. The maximum absolute atomic E-state index is 11.7. The number of hydrogen-bond acceptors (Lipinski definition) is 4. The summed E-state index contributed by atoms with van der Waals surface area (Å²) in [6.45, 7) is 14.6. The second kappa shape index (κ2) is 18.9. The Labute approximate surface area is 326 Å². The molecule has 1 spiro atoms. The van der Waals surface area contributed by atoms with Crippen LogP contribution in [0, 0.1) is 44.1 Å². The Balaban J connectivity index is 0.000000312. The van der Waals surface area contributed by atoms with Gasteiger partial charge < -0.3 is 10.1 Å². The number of allylic oxidation sites excluding steroid dienone is 2. The fraction of sp³-hybridized carbons (Fsp3) is 0.522. The van der Waals surface area contributed by atoms with E-state index in [2.05, 4.69) is 69.3 Å². The quantitative estimate of drug-likeness (QED) is 0.0981. The van der Waals surface area contributed by atoms with Gasteiger partial charge in [-0.2, -0.15) is 0 Å². The first-order chi connectivity index (χ1) is 24.1. The minimum Gasteiger partial charge on any atom is -0.512 e. The molecule has 0 atom stereocenters. The molecule has 2 aromatic heterocycles. The number of aryl methyl sites for hydroxylation is 3. The van der Waals surface area contributed by atoms with Crippen molar-refractivity contribution in [3.8, 4) is 21.7 Å². The maximum Gasteiger partial charge on any atom is 0.162 e. The van der Waals surface area contributed by atoms with Crippen LogP contribution in [0.5, 0.6) is 0 Å². The Morgan fingerprint density at radius 3 is 2.12 bits per heavy atom. The monoisotopic (exact) mass is 883 g/mol. The van der Waals surface area contributed by atoms with Gasteiger partial charge in [-0.25, -0.2) is 0 Å². The molecule has 0 amide bonds. The van der Waals surface area contributed by atoms with Gasteiger partial charge in [0.25, 0.3) is 0 Å². The van der Waals surface area contributed by atoms with E-state index in [-0.39, 0.29) is 43.5 Å². The van der Waals surface area contributed by atoms with E-state index < -0.39 is 0 Å². The predicted molar refractivity (Wildman–Crippen MR) is 214 cm³/mol. The van der Waals surface area contributed by atoms with E-state index in [0.29, 0.717) is 5.41 Å². The Morgan fingerprint density at radius 1 is 0.902 bits per heavy atom. The van der Waals surface area contributed by atoms with E-state index in [9.17, 15) is 9.90 Å². The zero-order valence-corrected chi connectivity index (χ0v) is 35.4. The van der Waals surface area contributed by atoms with Gasteiger partial charge in [-0.15, -0.1) is 46.2 Å². The third kappa shape index (κ3) is 9.89. The maximum atomic E-state index is 11.7. The largest absolute Gasteiger partial charge is 0.512 e. The summed E-state index contributed by atoms with van der Waals surface area (Å²) in [6.07, 6.45) is 19.9. The van der Waals surface area contributed by atoms with Crippen LogP contribution in [-0.2, 0) is 24.9 Å². The van der Waals surface area contributed by atoms with Crippen molar-refractivity contribution in [3.63, 3.8) is 0 Å². The van der Waals surface area contributed by atoms with E-state index in [1.54, 1.807) is 5.56 Å². The van der Waals surface area contributed by atoms with Crippen molar-refractivity contribution in [2.75, 3.05) is 0 Å². The van der Waals surface area contributed by atoms with Crippen molar-refractivity contribution in [1.29, 1.82) is 0 Å². The number of benzene rings is 2. The second-order valence-corrected chi connectivity index (χ2v) is 16.3. The van der Waals surface area contributed by atoms with Gasteiger partial charge in [0.05, 0.1) is 5.76 Å². The number of aromatic nitrogens is 1. The molecule has 277 valence electrons. The van der Waals surface area contributed by atoms with Crippen LogP contribution in [0.3, 0.4) is 0 Å². The van der Waals surface area contributed by atoms with Gasteiger partial charge in [-0.1, -0.05) is 85.1 Å². The fourth-order valence-electron chi connectivity index (χ4n) is 8.69. The van der Waals surface area contributed by atoms with Crippen molar-refractivity contribution in [2.24, 2.45) is 17.3 Å². The Kier molecular flexibility index (Phi) is 15.3. The van der Waals surface area contributed by atoms with Crippen LogP contribution in [0.4, 0.5) is 0 Å². The third-order valence-corrected chi connectivity index (χ3v) is 13.3. The van der Waals surface area contributed by atoms with Crippen molar-refractivity contribution < 1.29 is 30.0 Å². The van der Waals surface area contributed by atoms with E-state index in [1.165, 1.54) is 101 Å². The number of ketones is 1. The van der Waals surface area contributed by atoms with Crippen molar-refractivity contribution in [2.45, 2.75) is 138 Å². The van der Waals surface area contributed by atoms with Gasteiger partial charge in [0.1, 0.15) is 0 Å². The molecular formula is C46H60IrNO2S-. The smallest absolute Gasteiger partial charge is 0.162 e. The predicted octanol–water partition coefficient (Wildman–Crippen LogP) is 13.8. The molecule has 0 bridgehead atoms. The number of thiophene rings is 1. The first kappa shape index (κ1) is 41.2. The van der Waals surface area contributed by atoms with Crippen LogP contribution in [-0.4, -0.2) is 15.9 Å². The summed E-state index contributed by atoms with van der Waals surface area (Å²) in [6, 6.07) is 19.7. The van der Waals surface area contributed by atoms with Crippen LogP contribution in [0.25, 0.3) is 31.8 Å². The summed E-state index contributed by atoms with van der Waals surface area (Å²) in [5.74, 6) is 1.29. The van der Waals surface area contributed by atoms with Gasteiger partial charge >= 0.3 is 0 Å². The molecule has 0 saturated heterocycles. The molecule has 2 aliphatic carbocycles. The van der Waals surface area contributed by atoms with Crippen molar-refractivity contribution in [3.05, 3.63) is 88.8 Å². The van der Waals surface area contributed by atoms with Gasteiger partial charge in [0.2, 0.25) is 0 Å². The zero-order valence-electron chi connectivity index (χ0n) is 32.2. The molecule has 1 N–H and O–H groups in total. The number of hydrogen-bond donors (Lipinski definition) is 1. The van der Waals surface area contributed by atoms with Gasteiger partial charge in [-0.3, -0.25) is 4.79 Å². The topological polar surface area (TPSA) is 50.2 Å². The Morgan fingerprint density at radius 2 is 1.53 bits per heavy atom. The SMILES string of the molecule is CCC(CC)C(=O)/C=C(\O)C(CC)CC.Cc1[c-]c(-c2nccc3c(C)c(-c4ccc(C5CCC6(CCCCC6)CC5)cc4)sc23)cc(C)c1.[Ir]. The molecule has 3 nitrogen and oxygen atoms in total. The number of fused-ring (bicyclic) bond motifs is 1. The molecule has 5 heteroatoms. The fourth-order valence-corrected chi connectivity index (χ4v) is 10.0. The average molecular weight is 883 g/mol. The van der Waals surface area contributed by atoms with Crippen molar-refractivity contribution in [1.82, 2.24) is 4.98 Å². The van der Waals surface area contributed by atoms with Gasteiger partial charge in [-0.05, 0) is 111 Å². The minimum absolute atomic E-state index is 0.